The zero-order chi connectivity index (χ0) is 23.1. The number of aromatic carboxylic acids is 1. The number of nitrogens with one attached hydrogen (secondary N) is 3. The molecule has 2 fully saturated rings. The Morgan fingerprint density at radius 3 is 2.79 bits per heavy atom. The van der Waals surface area contributed by atoms with E-state index in [-0.39, 0.29) is 29.4 Å². The highest BCUT2D eigenvalue weighted by atomic mass is 35.5. The lowest BCUT2D eigenvalue weighted by atomic mass is 9.99. The van der Waals surface area contributed by atoms with Crippen LogP contribution >= 0.6 is 22.9 Å². The molecule has 3 aromatic rings. The lowest BCUT2D eigenvalue weighted by Crippen LogP contribution is -2.60. The van der Waals surface area contributed by atoms with Crippen molar-refractivity contribution in [1.82, 2.24) is 25.6 Å². The number of aromatic nitrogens is 3. The molecule has 0 bridgehead atoms. The van der Waals surface area contributed by atoms with Crippen molar-refractivity contribution in [3.05, 3.63) is 40.4 Å². The van der Waals surface area contributed by atoms with Gasteiger partial charge in [0.15, 0.2) is 16.1 Å². The van der Waals surface area contributed by atoms with Crippen LogP contribution < -0.4 is 15.5 Å². The summed E-state index contributed by atoms with van der Waals surface area (Å²) >= 11 is 7.51. The van der Waals surface area contributed by atoms with Crippen LogP contribution in [-0.2, 0) is 6.42 Å². The Morgan fingerprint density at radius 2 is 2.09 bits per heavy atom. The Hall–Kier alpha value is -2.69. The number of fused-ring (bicyclic) bond motifs is 1. The topological polar surface area (TPSA) is 123 Å². The Kier molecular flexibility index (Phi) is 5.98. The van der Waals surface area contributed by atoms with Gasteiger partial charge in [-0.25, -0.2) is 14.8 Å². The van der Waals surface area contributed by atoms with Gasteiger partial charge in [-0.2, -0.15) is 0 Å². The first kappa shape index (κ1) is 22.1. The number of hydrogen-bond donors (Lipinski definition) is 4. The molecule has 2 aliphatic rings. The zero-order valence-electron chi connectivity index (χ0n) is 18.1. The third-order valence-electron chi connectivity index (χ3n) is 6.16. The van der Waals surface area contributed by atoms with E-state index in [4.69, 9.17) is 16.6 Å². The molecular formula is C22H25ClN6O3S. The van der Waals surface area contributed by atoms with Gasteiger partial charge in [-0.15, -0.1) is 0 Å². The van der Waals surface area contributed by atoms with Crippen LogP contribution in [-0.4, -0.2) is 63.1 Å². The van der Waals surface area contributed by atoms with Crippen molar-refractivity contribution in [3.63, 3.8) is 0 Å². The Morgan fingerprint density at radius 1 is 1.27 bits per heavy atom. The monoisotopic (exact) mass is 488 g/mol. The van der Waals surface area contributed by atoms with Crippen LogP contribution in [0.1, 0.15) is 52.9 Å². The summed E-state index contributed by atoms with van der Waals surface area (Å²) in [7, 11) is 0. The molecule has 1 saturated heterocycles. The summed E-state index contributed by atoms with van der Waals surface area (Å²) in [5.41, 5.74) is 1.72. The Bertz CT molecular complexity index is 1210. The van der Waals surface area contributed by atoms with Crippen molar-refractivity contribution in [2.75, 3.05) is 18.0 Å². The second-order valence-electron chi connectivity index (χ2n) is 8.53. The number of carboxylic acid groups (broad SMARTS) is 1. The number of rotatable bonds is 7. The van der Waals surface area contributed by atoms with Crippen LogP contribution in [0, 0.1) is 0 Å². The molecule has 1 aliphatic heterocycles. The Labute approximate surface area is 199 Å². The third kappa shape index (κ3) is 4.55. The maximum absolute atomic E-state index is 12.8. The Balaban J connectivity index is 1.34. The van der Waals surface area contributed by atoms with Crippen molar-refractivity contribution >= 4 is 50.2 Å². The minimum Gasteiger partial charge on any atom is -0.478 e. The number of benzene rings is 1. The van der Waals surface area contributed by atoms with E-state index in [0.29, 0.717) is 40.9 Å². The predicted molar refractivity (Wildman–Crippen MR) is 128 cm³/mol. The highest BCUT2D eigenvalue weighted by Crippen LogP contribution is 2.33. The standard InChI is InChI=1S/C22H25ClN6O3S/c1-2-13-18(23)28-19(25-13)20(30)26-14-8-9-29(10-16(14)24-11-6-7-11)22-27-15-5-3-4-12(21(31)32)17(15)33-22/h3-5,11,14,16,24H,2,6-10H2,1H3,(H,25,28)(H,26,30)(H,31,32)/t14-,16+/m1/s1. The average Bonchev–Trinajstić information content (AvgIpc) is 3.36. The summed E-state index contributed by atoms with van der Waals surface area (Å²) in [6.45, 7) is 3.33. The second kappa shape index (κ2) is 8.92. The van der Waals surface area contributed by atoms with Crippen molar-refractivity contribution in [3.8, 4) is 0 Å². The minimum absolute atomic E-state index is 0.0391. The van der Waals surface area contributed by atoms with Crippen LogP contribution in [0.25, 0.3) is 10.2 Å². The summed E-state index contributed by atoms with van der Waals surface area (Å²) in [4.78, 5) is 38.5. The molecule has 11 heteroatoms. The van der Waals surface area contributed by atoms with E-state index in [1.54, 1.807) is 12.1 Å². The van der Waals surface area contributed by atoms with Gasteiger partial charge in [0.2, 0.25) is 0 Å². The number of anilines is 1. The van der Waals surface area contributed by atoms with E-state index in [1.807, 2.05) is 13.0 Å². The number of aromatic amines is 1. The molecule has 9 nitrogen and oxygen atoms in total. The van der Waals surface area contributed by atoms with Gasteiger partial charge >= 0.3 is 5.97 Å². The normalized spacial score (nSPS) is 20.8. The summed E-state index contributed by atoms with van der Waals surface area (Å²) in [6.07, 6.45) is 3.67. The summed E-state index contributed by atoms with van der Waals surface area (Å²) in [5.74, 6) is -0.977. The predicted octanol–water partition coefficient (Wildman–Crippen LogP) is 3.06. The summed E-state index contributed by atoms with van der Waals surface area (Å²) in [5, 5.41) is 17.4. The molecule has 2 aromatic heterocycles. The number of H-pyrrole nitrogens is 1. The lowest BCUT2D eigenvalue weighted by Gasteiger charge is -2.39. The molecule has 0 radical (unpaired) electrons. The number of amides is 1. The fraction of sp³-hybridized carbons (Fsp3) is 0.455. The number of hydrogen-bond acceptors (Lipinski definition) is 7. The van der Waals surface area contributed by atoms with E-state index >= 15 is 0 Å². The molecule has 4 N–H and O–H groups in total. The quantitative estimate of drug-likeness (QED) is 0.403. The van der Waals surface area contributed by atoms with Gasteiger partial charge in [0.05, 0.1) is 21.5 Å². The highest BCUT2D eigenvalue weighted by molar-refractivity contribution is 7.22. The van der Waals surface area contributed by atoms with Gasteiger partial charge in [-0.3, -0.25) is 4.79 Å². The van der Waals surface area contributed by atoms with Crippen LogP contribution in [0.4, 0.5) is 5.13 Å². The van der Waals surface area contributed by atoms with Gasteiger partial charge in [-0.05, 0) is 37.8 Å². The van der Waals surface area contributed by atoms with Gasteiger partial charge < -0.3 is 25.6 Å². The fourth-order valence-electron chi connectivity index (χ4n) is 4.23. The SMILES string of the molecule is CCc1[nH]c(C(=O)N[C@@H]2CCN(c3nc4cccc(C(=O)O)c4s3)C[C@@H]2NC2CC2)nc1Cl. The molecule has 5 rings (SSSR count). The number of halogens is 1. The van der Waals surface area contributed by atoms with E-state index in [1.165, 1.54) is 11.3 Å². The first-order valence-electron chi connectivity index (χ1n) is 11.1. The van der Waals surface area contributed by atoms with Crippen molar-refractivity contribution in [2.45, 2.75) is 50.7 Å². The maximum atomic E-state index is 12.8. The van der Waals surface area contributed by atoms with Gasteiger partial charge in [0, 0.05) is 31.2 Å². The maximum Gasteiger partial charge on any atom is 0.337 e. The second-order valence-corrected chi connectivity index (χ2v) is 9.86. The third-order valence-corrected chi connectivity index (χ3v) is 7.64. The summed E-state index contributed by atoms with van der Waals surface area (Å²) < 4.78 is 0.684. The van der Waals surface area contributed by atoms with Crippen LogP contribution in [0.15, 0.2) is 18.2 Å². The van der Waals surface area contributed by atoms with E-state index in [0.717, 1.165) is 30.1 Å². The zero-order valence-corrected chi connectivity index (χ0v) is 19.7. The number of nitrogens with zero attached hydrogens (tertiary/aromatic N) is 3. The summed E-state index contributed by atoms with van der Waals surface area (Å²) in [6, 6.07) is 5.61. The smallest absolute Gasteiger partial charge is 0.337 e. The molecule has 174 valence electrons. The highest BCUT2D eigenvalue weighted by Gasteiger charge is 2.36. The molecule has 0 spiro atoms. The van der Waals surface area contributed by atoms with Gasteiger partial charge in [0.1, 0.15) is 0 Å². The number of carbonyl (C=O) groups is 2. The molecule has 3 heterocycles. The molecule has 2 atom stereocenters. The van der Waals surface area contributed by atoms with Crippen LogP contribution in [0.5, 0.6) is 0 Å². The first-order chi connectivity index (χ1) is 15.9. The molecule has 1 aliphatic carbocycles. The molecule has 1 amide bonds. The van der Waals surface area contributed by atoms with E-state index in [9.17, 15) is 14.7 Å². The number of thiazole rings is 1. The van der Waals surface area contributed by atoms with Crippen molar-refractivity contribution in [1.29, 1.82) is 0 Å². The number of imidazole rings is 1. The largest absolute Gasteiger partial charge is 0.478 e. The number of piperidine rings is 1. The molecule has 1 saturated carbocycles. The van der Waals surface area contributed by atoms with Crippen LogP contribution in [0.3, 0.4) is 0 Å². The molecule has 0 unspecified atom stereocenters. The van der Waals surface area contributed by atoms with E-state index in [2.05, 4.69) is 25.5 Å². The molecule has 33 heavy (non-hydrogen) atoms. The number of carbonyl (C=O) groups excluding carboxylic acids is 1. The van der Waals surface area contributed by atoms with E-state index < -0.39 is 5.97 Å². The van der Waals surface area contributed by atoms with Gasteiger partial charge in [-0.1, -0.05) is 35.9 Å². The average molecular weight is 489 g/mol. The number of carboxylic acids is 1. The minimum atomic E-state index is -0.949. The van der Waals surface area contributed by atoms with Crippen molar-refractivity contribution < 1.29 is 14.7 Å². The van der Waals surface area contributed by atoms with Crippen molar-refractivity contribution in [2.24, 2.45) is 0 Å². The fourth-order valence-corrected chi connectivity index (χ4v) is 5.60. The molecular weight excluding hydrogens is 464 g/mol. The molecule has 1 aromatic carbocycles. The lowest BCUT2D eigenvalue weighted by molar-refractivity contribution is 0.0699. The van der Waals surface area contributed by atoms with Gasteiger partial charge in [0.25, 0.3) is 5.91 Å². The van der Waals surface area contributed by atoms with Crippen LogP contribution in [0.2, 0.25) is 5.15 Å². The number of aryl methyl sites for hydroxylation is 1. The first-order valence-corrected chi connectivity index (χ1v) is 12.3.